The zero-order chi connectivity index (χ0) is 16.3. The van der Waals surface area contributed by atoms with Gasteiger partial charge in [-0.2, -0.15) is 17.5 Å². The number of nitrogens with zero attached hydrogens (tertiary/aromatic N) is 1. The minimum Gasteiger partial charge on any atom is -0.300 e. The predicted octanol–water partition coefficient (Wildman–Crippen LogP) is 2.89. The highest BCUT2D eigenvalue weighted by Gasteiger charge is 2.50. The van der Waals surface area contributed by atoms with Crippen LogP contribution in [0.15, 0.2) is 23.1 Å². The van der Waals surface area contributed by atoms with Crippen LogP contribution in [0.2, 0.25) is 0 Å². The number of Topliss-reactive ketones (excluding diaryl/α,β-unsaturated/α-hetero) is 1. The number of alkyl halides is 3. The maximum absolute atomic E-state index is 12.9. The average Bonchev–Trinajstić information content (AvgIpc) is 3.17. The van der Waals surface area contributed by atoms with Gasteiger partial charge in [0.15, 0.2) is 0 Å². The van der Waals surface area contributed by atoms with Gasteiger partial charge in [0.25, 0.3) is 0 Å². The monoisotopic (exact) mass is 333 g/mol. The van der Waals surface area contributed by atoms with Crippen molar-refractivity contribution in [2.75, 3.05) is 0 Å². The molecule has 4 nitrogen and oxygen atoms in total. The second-order valence-electron chi connectivity index (χ2n) is 5.74. The van der Waals surface area contributed by atoms with Gasteiger partial charge in [0.1, 0.15) is 5.78 Å². The highest BCUT2D eigenvalue weighted by Crippen LogP contribution is 2.49. The number of fused-ring (bicyclic) bond motifs is 1. The molecule has 1 atom stereocenters. The SMILES string of the molecule is CC(=O)C[C@H]1c2cc(C(F)(F)F)ccc2S(=O)(=O)N1C1CC1. The number of hydrogen-bond donors (Lipinski definition) is 0. The van der Waals surface area contributed by atoms with E-state index in [4.69, 9.17) is 0 Å². The summed E-state index contributed by atoms with van der Waals surface area (Å²) in [5.74, 6) is -0.254. The van der Waals surface area contributed by atoms with Crippen molar-refractivity contribution >= 4 is 15.8 Å². The summed E-state index contributed by atoms with van der Waals surface area (Å²) in [6.07, 6.45) is -3.31. The van der Waals surface area contributed by atoms with Crippen LogP contribution in [0.25, 0.3) is 0 Å². The van der Waals surface area contributed by atoms with Crippen LogP contribution in [0, 0.1) is 0 Å². The third-order valence-electron chi connectivity index (χ3n) is 3.95. The Kier molecular flexibility index (Phi) is 3.37. The molecule has 1 aliphatic carbocycles. The largest absolute Gasteiger partial charge is 0.416 e. The van der Waals surface area contributed by atoms with E-state index in [2.05, 4.69) is 0 Å². The Morgan fingerprint density at radius 1 is 1.32 bits per heavy atom. The van der Waals surface area contributed by atoms with Gasteiger partial charge in [-0.15, -0.1) is 0 Å². The van der Waals surface area contributed by atoms with Crippen LogP contribution < -0.4 is 0 Å². The summed E-state index contributed by atoms with van der Waals surface area (Å²) in [5.41, 5.74) is -0.815. The quantitative estimate of drug-likeness (QED) is 0.855. The molecule has 120 valence electrons. The molecule has 0 aromatic heterocycles. The lowest BCUT2D eigenvalue weighted by molar-refractivity contribution is -0.137. The first kappa shape index (κ1) is 15.5. The number of benzene rings is 1. The normalized spacial score (nSPS) is 24.3. The third kappa shape index (κ3) is 2.44. The fourth-order valence-corrected chi connectivity index (χ4v) is 4.98. The smallest absolute Gasteiger partial charge is 0.300 e. The molecule has 1 heterocycles. The van der Waals surface area contributed by atoms with Crippen LogP contribution in [0.4, 0.5) is 13.2 Å². The number of carbonyl (C=O) groups is 1. The molecule has 0 radical (unpaired) electrons. The Labute approximate surface area is 126 Å². The topological polar surface area (TPSA) is 54.5 Å². The molecule has 2 aliphatic rings. The Morgan fingerprint density at radius 3 is 2.45 bits per heavy atom. The molecular formula is C14H14F3NO3S. The summed E-state index contributed by atoms with van der Waals surface area (Å²) in [6, 6.07) is 1.60. The highest BCUT2D eigenvalue weighted by atomic mass is 32.2. The summed E-state index contributed by atoms with van der Waals surface area (Å²) in [4.78, 5) is 11.3. The number of carbonyl (C=O) groups excluding carboxylic acids is 1. The van der Waals surface area contributed by atoms with Gasteiger partial charge in [-0.1, -0.05) is 0 Å². The van der Waals surface area contributed by atoms with Gasteiger partial charge < -0.3 is 0 Å². The summed E-state index contributed by atoms with van der Waals surface area (Å²) in [7, 11) is -3.83. The maximum atomic E-state index is 12.9. The molecule has 1 aliphatic heterocycles. The van der Waals surface area contributed by atoms with Crippen molar-refractivity contribution in [1.82, 2.24) is 4.31 Å². The number of ketones is 1. The average molecular weight is 333 g/mol. The third-order valence-corrected chi connectivity index (χ3v) is 5.98. The van der Waals surface area contributed by atoms with Crippen molar-refractivity contribution in [3.63, 3.8) is 0 Å². The zero-order valence-electron chi connectivity index (χ0n) is 11.7. The van der Waals surface area contributed by atoms with E-state index in [-0.39, 0.29) is 28.7 Å². The molecule has 1 aromatic rings. The molecule has 0 bridgehead atoms. The van der Waals surface area contributed by atoms with Gasteiger partial charge in [0.05, 0.1) is 16.5 Å². The first-order valence-electron chi connectivity index (χ1n) is 6.86. The molecule has 1 aromatic carbocycles. The second-order valence-corrected chi connectivity index (χ2v) is 7.55. The zero-order valence-corrected chi connectivity index (χ0v) is 12.5. The van der Waals surface area contributed by atoms with E-state index in [0.717, 1.165) is 18.2 Å². The highest BCUT2D eigenvalue weighted by molar-refractivity contribution is 7.89. The van der Waals surface area contributed by atoms with Crippen molar-refractivity contribution in [2.24, 2.45) is 0 Å². The van der Waals surface area contributed by atoms with Gasteiger partial charge >= 0.3 is 6.18 Å². The molecule has 3 rings (SSSR count). The standard InChI is InChI=1S/C14H14F3NO3S/c1-8(19)6-12-11-7-9(14(15,16)17)2-5-13(11)22(20,21)18(12)10-3-4-10/h2,5,7,10,12H,3-4,6H2,1H3/t12-/m0/s1. The fourth-order valence-electron chi connectivity index (χ4n) is 2.89. The molecule has 0 spiro atoms. The summed E-state index contributed by atoms with van der Waals surface area (Å²) >= 11 is 0. The van der Waals surface area contributed by atoms with Gasteiger partial charge in [-0.05, 0) is 43.5 Å². The van der Waals surface area contributed by atoms with E-state index in [9.17, 15) is 26.4 Å². The van der Waals surface area contributed by atoms with Crippen LogP contribution >= 0.6 is 0 Å². The van der Waals surface area contributed by atoms with Crippen LogP contribution in [0.3, 0.4) is 0 Å². The first-order valence-corrected chi connectivity index (χ1v) is 8.30. The van der Waals surface area contributed by atoms with E-state index in [0.29, 0.717) is 12.8 Å². The fraction of sp³-hybridized carbons (Fsp3) is 0.500. The van der Waals surface area contributed by atoms with Gasteiger partial charge in [-0.25, -0.2) is 8.42 Å². The molecule has 0 saturated heterocycles. The molecule has 1 saturated carbocycles. The molecule has 22 heavy (non-hydrogen) atoms. The Balaban J connectivity index is 2.15. The molecule has 0 unspecified atom stereocenters. The number of sulfonamides is 1. The number of rotatable bonds is 3. The Morgan fingerprint density at radius 2 is 1.95 bits per heavy atom. The van der Waals surface area contributed by atoms with Crippen LogP contribution in [0.5, 0.6) is 0 Å². The summed E-state index contributed by atoms with van der Waals surface area (Å²) in [5, 5.41) is 0. The molecule has 0 N–H and O–H groups in total. The Hall–Kier alpha value is -1.41. The maximum Gasteiger partial charge on any atom is 0.416 e. The lowest BCUT2D eigenvalue weighted by Crippen LogP contribution is -2.31. The van der Waals surface area contributed by atoms with Crippen molar-refractivity contribution in [3.05, 3.63) is 29.3 Å². The van der Waals surface area contributed by atoms with Gasteiger partial charge in [-0.3, -0.25) is 4.79 Å². The summed E-state index contributed by atoms with van der Waals surface area (Å²) < 4.78 is 65.0. The number of hydrogen-bond acceptors (Lipinski definition) is 3. The molecule has 1 fully saturated rings. The minimum absolute atomic E-state index is 0.0805. The van der Waals surface area contributed by atoms with E-state index in [1.165, 1.54) is 11.2 Å². The Bertz CT molecular complexity index is 738. The van der Waals surface area contributed by atoms with Crippen molar-refractivity contribution in [2.45, 2.75) is 49.3 Å². The van der Waals surface area contributed by atoms with E-state index < -0.39 is 27.8 Å². The van der Waals surface area contributed by atoms with Gasteiger partial charge in [0.2, 0.25) is 10.0 Å². The molecule has 0 amide bonds. The van der Waals surface area contributed by atoms with Gasteiger partial charge in [0, 0.05) is 12.5 Å². The molecular weight excluding hydrogens is 319 g/mol. The predicted molar refractivity (Wildman–Crippen MR) is 71.5 cm³/mol. The molecule has 8 heteroatoms. The lowest BCUT2D eigenvalue weighted by Gasteiger charge is -2.22. The van der Waals surface area contributed by atoms with Crippen LogP contribution in [0.1, 0.15) is 43.4 Å². The minimum atomic E-state index is -4.55. The van der Waals surface area contributed by atoms with Crippen LogP contribution in [-0.2, 0) is 21.0 Å². The lowest BCUT2D eigenvalue weighted by atomic mass is 9.99. The first-order chi connectivity index (χ1) is 10.1. The van der Waals surface area contributed by atoms with E-state index >= 15 is 0 Å². The van der Waals surface area contributed by atoms with E-state index in [1.54, 1.807) is 0 Å². The number of halogens is 3. The van der Waals surface area contributed by atoms with Crippen molar-refractivity contribution < 1.29 is 26.4 Å². The van der Waals surface area contributed by atoms with E-state index in [1.807, 2.05) is 0 Å². The van der Waals surface area contributed by atoms with Crippen molar-refractivity contribution in [1.29, 1.82) is 0 Å². The second kappa shape index (κ2) is 4.79. The van der Waals surface area contributed by atoms with Crippen LogP contribution in [-0.4, -0.2) is 24.5 Å². The van der Waals surface area contributed by atoms with Crippen molar-refractivity contribution in [3.8, 4) is 0 Å². The summed E-state index contributed by atoms with van der Waals surface area (Å²) in [6.45, 7) is 1.31.